The van der Waals surface area contributed by atoms with Crippen LogP contribution in [0, 0.1) is 0 Å². The van der Waals surface area contributed by atoms with Gasteiger partial charge in [0.15, 0.2) is 0 Å². The summed E-state index contributed by atoms with van der Waals surface area (Å²) in [6.07, 6.45) is -2.39. The number of piperidine rings is 1. The van der Waals surface area contributed by atoms with Gasteiger partial charge >= 0.3 is 6.18 Å². The third kappa shape index (κ3) is 3.11. The Hall–Kier alpha value is -0.330. The van der Waals surface area contributed by atoms with Crippen molar-refractivity contribution >= 4 is 0 Å². The topological polar surface area (TPSA) is 58.3 Å². The molecular formula is C11H19F3N2O. The van der Waals surface area contributed by atoms with Crippen molar-refractivity contribution in [2.75, 3.05) is 0 Å². The Morgan fingerprint density at radius 3 is 2.29 bits per heavy atom. The third-order valence-corrected chi connectivity index (χ3v) is 3.96. The fourth-order valence-electron chi connectivity index (χ4n) is 3.05. The molecule has 0 aromatic rings. The van der Waals surface area contributed by atoms with Crippen LogP contribution < -0.4 is 11.1 Å². The molecular weight excluding hydrogens is 233 g/mol. The van der Waals surface area contributed by atoms with Gasteiger partial charge in [-0.3, -0.25) is 0 Å². The van der Waals surface area contributed by atoms with Crippen LogP contribution in [0.1, 0.15) is 38.5 Å². The van der Waals surface area contributed by atoms with E-state index in [1.807, 2.05) is 0 Å². The molecule has 17 heavy (non-hydrogen) atoms. The van der Waals surface area contributed by atoms with E-state index in [1.54, 1.807) is 0 Å². The fourth-order valence-corrected chi connectivity index (χ4v) is 3.05. The molecule has 3 atom stereocenters. The second-order valence-corrected chi connectivity index (χ2v) is 5.41. The molecule has 0 aromatic carbocycles. The van der Waals surface area contributed by atoms with Crippen LogP contribution >= 0.6 is 0 Å². The molecule has 3 nitrogen and oxygen atoms in total. The fraction of sp³-hybridized carbons (Fsp3) is 1.00. The van der Waals surface area contributed by atoms with E-state index in [2.05, 4.69) is 5.32 Å². The lowest BCUT2D eigenvalue weighted by Gasteiger charge is -2.41. The standard InChI is InChI=1S/C11H19F3N2O/c12-11(13,14)4-3-9(15)10(17)5-7-1-2-8(6-10)16-7/h7-9,16-17H,1-6,15H2. The normalized spacial score (nSPS) is 39.4. The van der Waals surface area contributed by atoms with Crippen molar-refractivity contribution in [1.29, 1.82) is 0 Å². The first-order valence-electron chi connectivity index (χ1n) is 6.09. The van der Waals surface area contributed by atoms with Gasteiger partial charge in [-0.1, -0.05) is 0 Å². The number of alkyl halides is 3. The summed E-state index contributed by atoms with van der Waals surface area (Å²) in [6, 6.07) is -0.347. The summed E-state index contributed by atoms with van der Waals surface area (Å²) in [6.45, 7) is 0. The van der Waals surface area contributed by atoms with E-state index < -0.39 is 24.2 Å². The zero-order valence-electron chi connectivity index (χ0n) is 9.63. The van der Waals surface area contributed by atoms with E-state index in [1.165, 1.54) is 0 Å². The van der Waals surface area contributed by atoms with Crippen molar-refractivity contribution in [2.45, 2.75) is 68.4 Å². The highest BCUT2D eigenvalue weighted by atomic mass is 19.4. The molecule has 2 saturated heterocycles. The highest BCUT2D eigenvalue weighted by molar-refractivity contribution is 5.04. The van der Waals surface area contributed by atoms with Crippen molar-refractivity contribution < 1.29 is 18.3 Å². The van der Waals surface area contributed by atoms with E-state index >= 15 is 0 Å². The maximum Gasteiger partial charge on any atom is 0.389 e. The SMILES string of the molecule is NC(CCC(F)(F)F)C1(O)CC2CCC(C1)N2. The summed E-state index contributed by atoms with van der Waals surface area (Å²) in [5.74, 6) is 0. The molecule has 0 radical (unpaired) electrons. The Kier molecular flexibility index (Phi) is 3.40. The smallest absolute Gasteiger partial charge is 0.388 e. The second kappa shape index (κ2) is 4.40. The second-order valence-electron chi connectivity index (χ2n) is 5.41. The quantitative estimate of drug-likeness (QED) is 0.709. The van der Waals surface area contributed by atoms with E-state index in [-0.39, 0.29) is 18.5 Å². The molecule has 2 aliphatic heterocycles. The van der Waals surface area contributed by atoms with Crippen molar-refractivity contribution in [1.82, 2.24) is 5.32 Å². The van der Waals surface area contributed by atoms with Crippen LogP contribution in [-0.2, 0) is 0 Å². The average molecular weight is 252 g/mol. The van der Waals surface area contributed by atoms with Crippen molar-refractivity contribution in [2.24, 2.45) is 5.73 Å². The average Bonchev–Trinajstić information content (AvgIpc) is 2.54. The van der Waals surface area contributed by atoms with E-state index in [4.69, 9.17) is 5.73 Å². The number of nitrogens with one attached hydrogen (secondary N) is 1. The Balaban J connectivity index is 1.91. The number of halogens is 3. The predicted molar refractivity (Wildman–Crippen MR) is 57.4 cm³/mol. The van der Waals surface area contributed by atoms with Crippen LogP contribution in [-0.4, -0.2) is 35.0 Å². The lowest BCUT2D eigenvalue weighted by molar-refractivity contribution is -0.140. The highest BCUT2D eigenvalue weighted by Gasteiger charge is 2.46. The van der Waals surface area contributed by atoms with Gasteiger partial charge in [0.25, 0.3) is 0 Å². The number of aliphatic hydroxyl groups is 1. The van der Waals surface area contributed by atoms with Gasteiger partial charge in [0.2, 0.25) is 0 Å². The Morgan fingerprint density at radius 2 is 1.82 bits per heavy atom. The molecule has 2 heterocycles. The van der Waals surface area contributed by atoms with Gasteiger partial charge in [-0.25, -0.2) is 0 Å². The summed E-state index contributed by atoms with van der Waals surface area (Å²) >= 11 is 0. The molecule has 2 rings (SSSR count). The molecule has 2 fully saturated rings. The van der Waals surface area contributed by atoms with Gasteiger partial charge < -0.3 is 16.2 Å². The van der Waals surface area contributed by atoms with Gasteiger partial charge in [-0.2, -0.15) is 13.2 Å². The molecule has 6 heteroatoms. The van der Waals surface area contributed by atoms with Crippen LogP contribution in [0.5, 0.6) is 0 Å². The maximum atomic E-state index is 12.1. The molecule has 0 amide bonds. The molecule has 2 aliphatic rings. The minimum atomic E-state index is -4.19. The molecule has 0 aromatic heterocycles. The summed E-state index contributed by atoms with van der Waals surface area (Å²) < 4.78 is 36.4. The van der Waals surface area contributed by atoms with E-state index in [9.17, 15) is 18.3 Å². The van der Waals surface area contributed by atoms with Gasteiger partial charge in [-0.05, 0) is 32.1 Å². The predicted octanol–water partition coefficient (Wildman–Crippen LogP) is 1.30. The van der Waals surface area contributed by atoms with Gasteiger partial charge in [0.1, 0.15) is 0 Å². The Labute approximate surface area is 98.6 Å². The van der Waals surface area contributed by atoms with E-state index in [0.717, 1.165) is 12.8 Å². The number of hydrogen-bond donors (Lipinski definition) is 3. The van der Waals surface area contributed by atoms with Crippen LogP contribution in [0.25, 0.3) is 0 Å². The van der Waals surface area contributed by atoms with Crippen molar-refractivity contribution in [3.05, 3.63) is 0 Å². The first-order chi connectivity index (χ1) is 7.78. The molecule has 0 aliphatic carbocycles. The van der Waals surface area contributed by atoms with Crippen LogP contribution in [0.15, 0.2) is 0 Å². The molecule has 3 unspecified atom stereocenters. The highest BCUT2D eigenvalue weighted by Crippen LogP contribution is 2.37. The Bertz CT molecular complexity index is 270. The van der Waals surface area contributed by atoms with E-state index in [0.29, 0.717) is 12.8 Å². The monoisotopic (exact) mass is 252 g/mol. The number of nitrogens with two attached hydrogens (primary N) is 1. The molecule has 2 bridgehead atoms. The van der Waals surface area contributed by atoms with Gasteiger partial charge in [0, 0.05) is 24.5 Å². The molecule has 4 N–H and O–H groups in total. The van der Waals surface area contributed by atoms with Crippen molar-refractivity contribution in [3.63, 3.8) is 0 Å². The lowest BCUT2D eigenvalue weighted by Crippen LogP contribution is -2.57. The zero-order chi connectivity index (χ0) is 12.7. The first-order valence-corrected chi connectivity index (χ1v) is 6.09. The van der Waals surface area contributed by atoms with Crippen LogP contribution in [0.3, 0.4) is 0 Å². The molecule has 0 saturated carbocycles. The maximum absolute atomic E-state index is 12.1. The largest absolute Gasteiger partial charge is 0.389 e. The van der Waals surface area contributed by atoms with Gasteiger partial charge in [0.05, 0.1) is 5.60 Å². The van der Waals surface area contributed by atoms with Crippen LogP contribution in [0.4, 0.5) is 13.2 Å². The minimum absolute atomic E-state index is 0.195. The summed E-state index contributed by atoms with van der Waals surface area (Å²) in [5, 5.41) is 13.7. The Morgan fingerprint density at radius 1 is 1.29 bits per heavy atom. The van der Waals surface area contributed by atoms with Crippen molar-refractivity contribution in [3.8, 4) is 0 Å². The summed E-state index contributed by atoms with van der Waals surface area (Å²) in [7, 11) is 0. The zero-order valence-corrected chi connectivity index (χ0v) is 9.63. The number of rotatable bonds is 3. The number of hydrogen-bond acceptors (Lipinski definition) is 3. The van der Waals surface area contributed by atoms with Gasteiger partial charge in [-0.15, -0.1) is 0 Å². The first kappa shape index (κ1) is 13.1. The minimum Gasteiger partial charge on any atom is -0.388 e. The molecule has 100 valence electrons. The summed E-state index contributed by atoms with van der Waals surface area (Å²) in [4.78, 5) is 0. The molecule has 0 spiro atoms. The number of fused-ring (bicyclic) bond motifs is 2. The van der Waals surface area contributed by atoms with Crippen LogP contribution in [0.2, 0.25) is 0 Å². The third-order valence-electron chi connectivity index (χ3n) is 3.96. The summed E-state index contributed by atoms with van der Waals surface area (Å²) in [5.41, 5.74) is 4.64. The lowest BCUT2D eigenvalue weighted by atomic mass is 9.80.